The molecule has 0 aliphatic rings. The SMILES string of the molecule is Cc1cc(F)ccc1CCNC(=O)c1cc(Br)c(Br)s1. The first-order valence-corrected chi connectivity index (χ1v) is 8.35. The number of thiophene rings is 1. The van der Waals surface area contributed by atoms with Gasteiger partial charge in [-0.2, -0.15) is 0 Å². The summed E-state index contributed by atoms with van der Waals surface area (Å²) in [5.41, 5.74) is 1.95. The highest BCUT2D eigenvalue weighted by Gasteiger charge is 2.11. The standard InChI is InChI=1S/C14H12Br2FNOS/c1-8-6-10(17)3-2-9(8)4-5-18-14(19)12-7-11(15)13(16)20-12/h2-3,6-7H,4-5H2,1H3,(H,18,19). The molecule has 0 saturated carbocycles. The summed E-state index contributed by atoms with van der Waals surface area (Å²) in [5, 5.41) is 2.87. The first kappa shape index (κ1) is 15.7. The van der Waals surface area contributed by atoms with E-state index in [1.807, 2.05) is 6.92 Å². The van der Waals surface area contributed by atoms with Crippen molar-refractivity contribution in [2.45, 2.75) is 13.3 Å². The molecule has 0 radical (unpaired) electrons. The van der Waals surface area contributed by atoms with Crippen molar-refractivity contribution < 1.29 is 9.18 Å². The van der Waals surface area contributed by atoms with E-state index in [4.69, 9.17) is 0 Å². The van der Waals surface area contributed by atoms with Crippen molar-refractivity contribution in [1.82, 2.24) is 5.32 Å². The van der Waals surface area contributed by atoms with Crippen LogP contribution in [0.25, 0.3) is 0 Å². The predicted octanol–water partition coefficient (Wildman–Crippen LogP) is 4.69. The van der Waals surface area contributed by atoms with E-state index in [0.717, 1.165) is 19.4 Å². The molecule has 2 rings (SSSR count). The van der Waals surface area contributed by atoms with Gasteiger partial charge < -0.3 is 5.32 Å². The van der Waals surface area contributed by atoms with Crippen LogP contribution in [0.15, 0.2) is 32.5 Å². The van der Waals surface area contributed by atoms with Crippen molar-refractivity contribution in [3.63, 3.8) is 0 Å². The van der Waals surface area contributed by atoms with E-state index in [9.17, 15) is 9.18 Å². The van der Waals surface area contributed by atoms with Gasteiger partial charge in [0.15, 0.2) is 0 Å². The van der Waals surface area contributed by atoms with Gasteiger partial charge in [-0.3, -0.25) is 4.79 Å². The van der Waals surface area contributed by atoms with Crippen LogP contribution in [0.3, 0.4) is 0 Å². The Hall–Kier alpha value is -0.720. The lowest BCUT2D eigenvalue weighted by Crippen LogP contribution is -2.25. The Morgan fingerprint density at radius 2 is 2.10 bits per heavy atom. The molecule has 1 aromatic carbocycles. The molecule has 1 amide bonds. The second kappa shape index (κ2) is 6.83. The van der Waals surface area contributed by atoms with E-state index >= 15 is 0 Å². The van der Waals surface area contributed by atoms with Gasteiger partial charge in [0, 0.05) is 11.0 Å². The van der Waals surface area contributed by atoms with Crippen LogP contribution in [0, 0.1) is 12.7 Å². The maximum absolute atomic E-state index is 13.0. The van der Waals surface area contributed by atoms with Crippen molar-refractivity contribution in [3.05, 3.63) is 54.3 Å². The fourth-order valence-corrected chi connectivity index (χ4v) is 3.75. The summed E-state index contributed by atoms with van der Waals surface area (Å²) >= 11 is 8.10. The van der Waals surface area contributed by atoms with Gasteiger partial charge in [-0.15, -0.1) is 11.3 Å². The molecule has 0 fully saturated rings. The summed E-state index contributed by atoms with van der Waals surface area (Å²) in [6.45, 7) is 2.40. The van der Waals surface area contributed by atoms with Gasteiger partial charge in [0.25, 0.3) is 5.91 Å². The number of halogens is 3. The Kier molecular flexibility index (Phi) is 5.35. The molecule has 0 atom stereocenters. The van der Waals surface area contributed by atoms with Gasteiger partial charge >= 0.3 is 0 Å². The summed E-state index contributed by atoms with van der Waals surface area (Å²) in [5.74, 6) is -0.329. The zero-order valence-electron chi connectivity index (χ0n) is 10.7. The third-order valence-electron chi connectivity index (χ3n) is 2.85. The number of hydrogen-bond donors (Lipinski definition) is 1. The second-order valence-electron chi connectivity index (χ2n) is 4.31. The molecule has 0 aliphatic carbocycles. The minimum absolute atomic E-state index is 0.0961. The molecule has 2 nitrogen and oxygen atoms in total. The average molecular weight is 421 g/mol. The first-order chi connectivity index (χ1) is 9.47. The van der Waals surface area contributed by atoms with E-state index in [1.54, 1.807) is 12.1 Å². The quantitative estimate of drug-likeness (QED) is 0.763. The minimum atomic E-state index is -0.233. The highest BCUT2D eigenvalue weighted by Crippen LogP contribution is 2.32. The zero-order chi connectivity index (χ0) is 14.7. The first-order valence-electron chi connectivity index (χ1n) is 5.95. The lowest BCUT2D eigenvalue weighted by Gasteiger charge is -2.07. The third kappa shape index (κ3) is 3.90. The monoisotopic (exact) mass is 419 g/mol. The molecule has 6 heteroatoms. The van der Waals surface area contributed by atoms with Crippen LogP contribution in [0.2, 0.25) is 0 Å². The Bertz CT molecular complexity index is 623. The van der Waals surface area contributed by atoms with E-state index in [0.29, 0.717) is 17.8 Å². The molecule has 0 unspecified atom stereocenters. The van der Waals surface area contributed by atoms with Crippen LogP contribution in [0.5, 0.6) is 0 Å². The Morgan fingerprint density at radius 3 is 2.70 bits per heavy atom. The van der Waals surface area contributed by atoms with Crippen molar-refractivity contribution >= 4 is 49.1 Å². The molecule has 0 spiro atoms. The smallest absolute Gasteiger partial charge is 0.261 e. The van der Waals surface area contributed by atoms with Crippen molar-refractivity contribution in [2.75, 3.05) is 6.54 Å². The number of carbonyl (C=O) groups excluding carboxylic acids is 1. The Balaban J connectivity index is 1.91. The number of hydrogen-bond acceptors (Lipinski definition) is 2. The highest BCUT2D eigenvalue weighted by atomic mass is 79.9. The van der Waals surface area contributed by atoms with E-state index in [-0.39, 0.29) is 11.7 Å². The predicted molar refractivity (Wildman–Crippen MR) is 86.9 cm³/mol. The molecule has 0 aliphatic heterocycles. The van der Waals surface area contributed by atoms with E-state index < -0.39 is 0 Å². The third-order valence-corrected chi connectivity index (χ3v) is 6.11. The molecular weight excluding hydrogens is 409 g/mol. The van der Waals surface area contributed by atoms with Crippen molar-refractivity contribution in [1.29, 1.82) is 0 Å². The van der Waals surface area contributed by atoms with Crippen molar-refractivity contribution in [2.24, 2.45) is 0 Å². The summed E-state index contributed by atoms with van der Waals surface area (Å²) in [4.78, 5) is 12.6. The normalized spacial score (nSPS) is 10.6. The molecular formula is C14H12Br2FNOS. The second-order valence-corrected chi connectivity index (χ2v) is 7.53. The van der Waals surface area contributed by atoms with Gasteiger partial charge in [-0.25, -0.2) is 4.39 Å². The van der Waals surface area contributed by atoms with Crippen LogP contribution in [0.4, 0.5) is 4.39 Å². The zero-order valence-corrected chi connectivity index (χ0v) is 14.7. The summed E-state index contributed by atoms with van der Waals surface area (Å²) in [6, 6.07) is 6.49. The van der Waals surface area contributed by atoms with Gasteiger partial charge in [-0.05, 0) is 74.5 Å². The number of rotatable bonds is 4. The fraction of sp³-hybridized carbons (Fsp3) is 0.214. The average Bonchev–Trinajstić information content (AvgIpc) is 2.72. The molecule has 1 aromatic heterocycles. The van der Waals surface area contributed by atoms with Gasteiger partial charge in [-0.1, -0.05) is 6.07 Å². The van der Waals surface area contributed by atoms with E-state index in [1.165, 1.54) is 23.5 Å². The number of aryl methyl sites for hydroxylation is 1. The maximum Gasteiger partial charge on any atom is 0.261 e. The van der Waals surface area contributed by atoms with Crippen LogP contribution < -0.4 is 5.32 Å². The van der Waals surface area contributed by atoms with E-state index in [2.05, 4.69) is 37.2 Å². The van der Waals surface area contributed by atoms with Crippen LogP contribution >= 0.6 is 43.2 Å². The topological polar surface area (TPSA) is 29.1 Å². The molecule has 1 heterocycles. The Labute approximate surface area is 137 Å². The van der Waals surface area contributed by atoms with Crippen LogP contribution in [-0.2, 0) is 6.42 Å². The lowest BCUT2D eigenvalue weighted by atomic mass is 10.1. The Morgan fingerprint density at radius 1 is 1.35 bits per heavy atom. The molecule has 20 heavy (non-hydrogen) atoms. The number of nitrogens with one attached hydrogen (secondary N) is 1. The largest absolute Gasteiger partial charge is 0.351 e. The minimum Gasteiger partial charge on any atom is -0.351 e. The maximum atomic E-state index is 13.0. The highest BCUT2D eigenvalue weighted by molar-refractivity contribution is 9.13. The number of amides is 1. The van der Waals surface area contributed by atoms with Crippen LogP contribution in [-0.4, -0.2) is 12.5 Å². The molecule has 0 saturated heterocycles. The summed E-state index contributed by atoms with van der Waals surface area (Å²) in [7, 11) is 0. The molecule has 2 aromatic rings. The van der Waals surface area contributed by atoms with Gasteiger partial charge in [0.1, 0.15) is 5.82 Å². The molecule has 0 bridgehead atoms. The number of carbonyl (C=O) groups is 1. The summed E-state index contributed by atoms with van der Waals surface area (Å²) in [6.07, 6.45) is 0.686. The fourth-order valence-electron chi connectivity index (χ4n) is 1.80. The van der Waals surface area contributed by atoms with Crippen LogP contribution in [0.1, 0.15) is 20.8 Å². The summed E-state index contributed by atoms with van der Waals surface area (Å²) < 4.78 is 14.8. The number of benzene rings is 1. The lowest BCUT2D eigenvalue weighted by molar-refractivity contribution is 0.0958. The van der Waals surface area contributed by atoms with Crippen molar-refractivity contribution in [3.8, 4) is 0 Å². The molecule has 1 N–H and O–H groups in total. The van der Waals surface area contributed by atoms with Gasteiger partial charge in [0.05, 0.1) is 8.66 Å². The molecule has 106 valence electrons. The van der Waals surface area contributed by atoms with Gasteiger partial charge in [0.2, 0.25) is 0 Å².